The first kappa shape index (κ1) is 20.7. The van der Waals surface area contributed by atoms with E-state index in [0.717, 1.165) is 45.3 Å². The van der Waals surface area contributed by atoms with Gasteiger partial charge < -0.3 is 18.9 Å². The lowest BCUT2D eigenvalue weighted by atomic mass is 9.45. The average Bonchev–Trinajstić information content (AvgIpc) is 3.48. The van der Waals surface area contributed by atoms with Crippen LogP contribution in [0.1, 0.15) is 71.6 Å². The van der Waals surface area contributed by atoms with Gasteiger partial charge in [0.15, 0.2) is 11.6 Å². The molecule has 0 radical (unpaired) electrons. The maximum atomic E-state index is 9.89. The van der Waals surface area contributed by atoms with E-state index in [0.29, 0.717) is 43.3 Å². The van der Waals surface area contributed by atoms with Crippen LogP contribution in [-0.2, 0) is 18.9 Å². The van der Waals surface area contributed by atoms with Gasteiger partial charge in [-0.15, -0.1) is 0 Å². The molecule has 2 heterocycles. The van der Waals surface area contributed by atoms with Crippen LogP contribution in [0.2, 0.25) is 0 Å². The van der Waals surface area contributed by atoms with Crippen molar-refractivity contribution in [2.45, 2.75) is 83.2 Å². The third kappa shape index (κ3) is 2.81. The third-order valence-corrected chi connectivity index (χ3v) is 10.5. The van der Waals surface area contributed by atoms with Gasteiger partial charge in [-0.1, -0.05) is 12.5 Å². The van der Waals surface area contributed by atoms with Crippen LogP contribution in [0.3, 0.4) is 0 Å². The summed E-state index contributed by atoms with van der Waals surface area (Å²) in [6.45, 7) is 7.47. The fraction of sp³-hybridized carbons (Fsp3) is 0.885. The van der Waals surface area contributed by atoms with Gasteiger partial charge >= 0.3 is 0 Å². The minimum atomic E-state index is -0.504. The Bertz CT molecular complexity index is 805. The van der Waals surface area contributed by atoms with Gasteiger partial charge in [0.2, 0.25) is 0 Å². The van der Waals surface area contributed by atoms with E-state index in [1.165, 1.54) is 19.3 Å². The summed E-state index contributed by atoms with van der Waals surface area (Å²) in [5.41, 5.74) is 1.89. The molecule has 0 aromatic heterocycles. The Morgan fingerprint density at radius 1 is 0.903 bits per heavy atom. The van der Waals surface area contributed by atoms with Crippen LogP contribution in [0, 0.1) is 45.8 Å². The lowest BCUT2D eigenvalue weighted by Gasteiger charge is -2.60. The summed E-state index contributed by atoms with van der Waals surface area (Å²) in [4.78, 5) is 0. The number of nitrogens with zero attached hydrogens (tertiary/aromatic N) is 1. The highest BCUT2D eigenvalue weighted by Gasteiger charge is 2.65. The van der Waals surface area contributed by atoms with Crippen molar-refractivity contribution in [3.05, 3.63) is 11.6 Å². The van der Waals surface area contributed by atoms with Gasteiger partial charge in [-0.05, 0) is 86.5 Å². The zero-order chi connectivity index (χ0) is 21.3. The van der Waals surface area contributed by atoms with E-state index in [2.05, 4.69) is 26.0 Å². The number of ether oxygens (including phenoxy) is 4. The molecule has 0 N–H and O–H groups in total. The smallest absolute Gasteiger partial charge is 0.188 e. The summed E-state index contributed by atoms with van der Waals surface area (Å²) in [6.07, 6.45) is 12.3. The Labute approximate surface area is 186 Å². The highest BCUT2D eigenvalue weighted by molar-refractivity contribution is 5.28. The molecule has 2 aliphatic heterocycles. The van der Waals surface area contributed by atoms with Crippen LogP contribution in [0.5, 0.6) is 0 Å². The summed E-state index contributed by atoms with van der Waals surface area (Å²) in [6, 6.07) is 2.61. The van der Waals surface area contributed by atoms with Crippen molar-refractivity contribution < 1.29 is 18.9 Å². The molecule has 3 saturated carbocycles. The van der Waals surface area contributed by atoms with Crippen molar-refractivity contribution in [3.63, 3.8) is 0 Å². The molecule has 1 spiro atoms. The number of rotatable bonds is 2. The van der Waals surface area contributed by atoms with Gasteiger partial charge in [0.1, 0.15) is 0 Å². The molecule has 2 saturated heterocycles. The fourth-order valence-electron chi connectivity index (χ4n) is 9.20. The number of fused-ring (bicyclic) bond motifs is 5. The summed E-state index contributed by atoms with van der Waals surface area (Å²) >= 11 is 0. The van der Waals surface area contributed by atoms with E-state index < -0.39 is 11.6 Å². The Hall–Kier alpha value is -0.930. The van der Waals surface area contributed by atoms with Crippen LogP contribution in [-0.4, -0.2) is 38.0 Å². The number of hydrogen-bond donors (Lipinski definition) is 0. The molecule has 4 aliphatic carbocycles. The van der Waals surface area contributed by atoms with Gasteiger partial charge in [-0.25, -0.2) is 0 Å². The Morgan fingerprint density at radius 3 is 2.39 bits per heavy atom. The van der Waals surface area contributed by atoms with Gasteiger partial charge in [0.25, 0.3) is 0 Å². The number of hydrogen-bond acceptors (Lipinski definition) is 5. The van der Waals surface area contributed by atoms with E-state index in [1.54, 1.807) is 5.57 Å². The number of allylic oxidation sites excluding steroid dienone is 1. The fourth-order valence-corrected chi connectivity index (χ4v) is 9.20. The lowest BCUT2D eigenvalue weighted by Crippen LogP contribution is -2.55. The average molecular weight is 428 g/mol. The second kappa shape index (κ2) is 7.03. The summed E-state index contributed by atoms with van der Waals surface area (Å²) in [7, 11) is 0. The van der Waals surface area contributed by atoms with E-state index >= 15 is 0 Å². The first-order valence-electron chi connectivity index (χ1n) is 12.6. The minimum Gasteiger partial charge on any atom is -0.348 e. The predicted molar refractivity (Wildman–Crippen MR) is 115 cm³/mol. The Morgan fingerprint density at radius 2 is 1.65 bits per heavy atom. The molecule has 6 atom stereocenters. The summed E-state index contributed by atoms with van der Waals surface area (Å²) in [5, 5.41) is 9.89. The van der Waals surface area contributed by atoms with Gasteiger partial charge in [-0.3, -0.25) is 0 Å². The molecule has 0 amide bonds. The molecule has 5 nitrogen and oxygen atoms in total. The van der Waals surface area contributed by atoms with E-state index in [1.807, 2.05) is 0 Å². The van der Waals surface area contributed by atoms with Crippen molar-refractivity contribution in [1.82, 2.24) is 0 Å². The van der Waals surface area contributed by atoms with E-state index in [-0.39, 0.29) is 10.8 Å². The van der Waals surface area contributed by atoms with Crippen molar-refractivity contribution in [2.75, 3.05) is 26.4 Å². The maximum Gasteiger partial charge on any atom is 0.188 e. The minimum absolute atomic E-state index is 0.0557. The molecule has 170 valence electrons. The van der Waals surface area contributed by atoms with Crippen molar-refractivity contribution in [3.8, 4) is 6.07 Å². The molecule has 0 aromatic carbocycles. The van der Waals surface area contributed by atoms with E-state index in [9.17, 15) is 5.26 Å². The van der Waals surface area contributed by atoms with Crippen LogP contribution >= 0.6 is 0 Å². The van der Waals surface area contributed by atoms with Crippen LogP contribution in [0.15, 0.2) is 11.6 Å². The van der Waals surface area contributed by atoms with Crippen LogP contribution in [0.25, 0.3) is 0 Å². The van der Waals surface area contributed by atoms with Crippen LogP contribution < -0.4 is 0 Å². The van der Waals surface area contributed by atoms with Crippen molar-refractivity contribution in [2.24, 2.45) is 34.5 Å². The molecular formula is C26H37NO4. The molecule has 5 heteroatoms. The largest absolute Gasteiger partial charge is 0.348 e. The van der Waals surface area contributed by atoms with Gasteiger partial charge in [0, 0.05) is 18.8 Å². The first-order chi connectivity index (χ1) is 14.9. The molecular weight excluding hydrogens is 390 g/mol. The standard InChI is InChI=1S/C26H37NO4/c1-23-9-10-26(30-15-16-31-26)17-18(23)3-4-19-20(23)7-8-25(11-12-27)21(19)5-6-22(25)24(2)28-13-14-29-24/h17,19-22H,3-11,13-16H2,1-2H3/t19-,20-,21+,22-,23-,25-/m1/s1. The van der Waals surface area contributed by atoms with Gasteiger partial charge in [0.05, 0.1) is 32.5 Å². The summed E-state index contributed by atoms with van der Waals surface area (Å²) < 4.78 is 24.4. The Kier molecular flexibility index (Phi) is 4.69. The van der Waals surface area contributed by atoms with E-state index in [4.69, 9.17) is 18.9 Å². The molecule has 6 rings (SSSR count). The quantitative estimate of drug-likeness (QED) is 0.583. The lowest BCUT2D eigenvalue weighted by molar-refractivity contribution is -0.218. The zero-order valence-electron chi connectivity index (χ0n) is 19.2. The highest BCUT2D eigenvalue weighted by Crippen LogP contribution is 2.70. The SMILES string of the molecule is CC1([C@H]2CC[C@H]3[C@@H]4CCC5=CC6(CC[C@@]5(C)[C@@H]4CC[C@]23CC#N)OCCO6)OCCO1. The monoisotopic (exact) mass is 427 g/mol. The molecule has 0 bridgehead atoms. The third-order valence-electron chi connectivity index (χ3n) is 10.5. The Balaban J connectivity index is 1.32. The van der Waals surface area contributed by atoms with Crippen molar-refractivity contribution in [1.29, 1.82) is 5.26 Å². The van der Waals surface area contributed by atoms with Gasteiger partial charge in [-0.2, -0.15) is 5.26 Å². The maximum absolute atomic E-state index is 9.89. The normalized spacial score (nSPS) is 47.3. The number of nitriles is 1. The topological polar surface area (TPSA) is 60.7 Å². The predicted octanol–water partition coefficient (Wildman–Crippen LogP) is 4.97. The highest BCUT2D eigenvalue weighted by atomic mass is 16.7. The molecule has 0 unspecified atom stereocenters. The summed E-state index contributed by atoms with van der Waals surface area (Å²) in [5.74, 6) is 1.43. The first-order valence-corrected chi connectivity index (χ1v) is 12.6. The second-order valence-corrected chi connectivity index (χ2v) is 11.5. The second-order valence-electron chi connectivity index (χ2n) is 11.5. The molecule has 5 fully saturated rings. The van der Waals surface area contributed by atoms with Crippen molar-refractivity contribution >= 4 is 0 Å². The molecule has 31 heavy (non-hydrogen) atoms. The zero-order valence-corrected chi connectivity index (χ0v) is 19.2. The van der Waals surface area contributed by atoms with Crippen LogP contribution in [0.4, 0.5) is 0 Å². The molecule has 6 aliphatic rings. The molecule has 0 aromatic rings.